The monoisotopic (exact) mass is 324 g/mol. The van der Waals surface area contributed by atoms with E-state index in [4.69, 9.17) is 4.74 Å². The van der Waals surface area contributed by atoms with E-state index in [1.54, 1.807) is 4.90 Å². The van der Waals surface area contributed by atoms with Gasteiger partial charge in [0.05, 0.1) is 18.3 Å². The molecule has 2 atom stereocenters. The van der Waals surface area contributed by atoms with Gasteiger partial charge < -0.3 is 10.1 Å². The molecule has 2 heterocycles. The normalized spacial score (nSPS) is 23.9. The molecule has 0 bridgehead atoms. The summed E-state index contributed by atoms with van der Waals surface area (Å²) in [6.45, 7) is 1.81. The van der Waals surface area contributed by atoms with E-state index in [-0.39, 0.29) is 24.1 Å². The van der Waals surface area contributed by atoms with Crippen molar-refractivity contribution in [2.75, 3.05) is 11.4 Å². The Morgan fingerprint density at radius 3 is 3.11 bits per heavy atom. The fraction of sp³-hybridized carbons (Fsp3) is 0.385. The highest BCUT2D eigenvalue weighted by Crippen LogP contribution is 2.39. The third-order valence-corrected chi connectivity index (χ3v) is 3.99. The average Bonchev–Trinajstić information content (AvgIpc) is 2.84. The number of rotatable bonds is 2. The second-order valence-electron chi connectivity index (χ2n) is 4.77. The lowest BCUT2D eigenvalue weighted by Gasteiger charge is -2.16. The maximum atomic E-state index is 11.9. The summed E-state index contributed by atoms with van der Waals surface area (Å²) in [7, 11) is 0. The van der Waals surface area contributed by atoms with Crippen LogP contribution >= 0.6 is 15.9 Å². The molecule has 0 radical (unpaired) electrons. The van der Waals surface area contributed by atoms with Gasteiger partial charge in [-0.2, -0.15) is 0 Å². The van der Waals surface area contributed by atoms with E-state index in [0.29, 0.717) is 6.54 Å². The second kappa shape index (κ2) is 4.52. The standard InChI is InChI=1S/C13H13BrN2O3/c1-7(17)15-6-12-11-5-8-4-9(14)2-3-10(8)16(11)13(18)19-12/h2-4,11-12H,5-6H2,1H3,(H,15,17). The molecule has 1 saturated heterocycles. The van der Waals surface area contributed by atoms with Crippen LogP contribution in [-0.4, -0.2) is 30.7 Å². The molecule has 2 aliphatic heterocycles. The Morgan fingerprint density at radius 2 is 2.37 bits per heavy atom. The largest absolute Gasteiger partial charge is 0.442 e. The minimum Gasteiger partial charge on any atom is -0.442 e. The number of nitrogens with zero attached hydrogens (tertiary/aromatic N) is 1. The molecule has 2 unspecified atom stereocenters. The molecule has 1 aromatic carbocycles. The highest BCUT2D eigenvalue weighted by Gasteiger charge is 2.47. The number of benzene rings is 1. The molecule has 1 N–H and O–H groups in total. The van der Waals surface area contributed by atoms with E-state index in [1.807, 2.05) is 18.2 Å². The van der Waals surface area contributed by atoms with Crippen LogP contribution in [0.4, 0.5) is 10.5 Å². The third-order valence-electron chi connectivity index (χ3n) is 3.49. The SMILES string of the molecule is CC(=O)NCC1OC(=O)N2c3ccc(Br)cc3CC12. The molecule has 0 aromatic heterocycles. The van der Waals surface area contributed by atoms with Crippen molar-refractivity contribution in [1.82, 2.24) is 5.32 Å². The molecule has 1 aromatic rings. The van der Waals surface area contributed by atoms with Gasteiger partial charge >= 0.3 is 6.09 Å². The van der Waals surface area contributed by atoms with Crippen molar-refractivity contribution >= 4 is 33.6 Å². The Hall–Kier alpha value is -1.56. The average molecular weight is 325 g/mol. The zero-order valence-electron chi connectivity index (χ0n) is 10.4. The van der Waals surface area contributed by atoms with Crippen LogP contribution < -0.4 is 10.2 Å². The van der Waals surface area contributed by atoms with Crippen LogP contribution in [0.2, 0.25) is 0 Å². The Bertz CT molecular complexity index is 561. The molecule has 2 amide bonds. The first-order chi connectivity index (χ1) is 9.06. The van der Waals surface area contributed by atoms with Crippen LogP contribution in [0.3, 0.4) is 0 Å². The van der Waals surface area contributed by atoms with E-state index in [2.05, 4.69) is 21.2 Å². The molecule has 100 valence electrons. The van der Waals surface area contributed by atoms with Crippen LogP contribution in [0.25, 0.3) is 0 Å². The lowest BCUT2D eigenvalue weighted by Crippen LogP contribution is -2.40. The van der Waals surface area contributed by atoms with Gasteiger partial charge in [0, 0.05) is 11.4 Å². The van der Waals surface area contributed by atoms with Crippen molar-refractivity contribution in [3.63, 3.8) is 0 Å². The number of cyclic esters (lactones) is 1. The van der Waals surface area contributed by atoms with Gasteiger partial charge in [-0.25, -0.2) is 4.79 Å². The number of hydrogen-bond donors (Lipinski definition) is 1. The van der Waals surface area contributed by atoms with Crippen LogP contribution in [0.1, 0.15) is 12.5 Å². The molecule has 0 spiro atoms. The first-order valence-corrected chi connectivity index (χ1v) is 6.88. The summed E-state index contributed by atoms with van der Waals surface area (Å²) in [5, 5.41) is 2.71. The molecule has 19 heavy (non-hydrogen) atoms. The summed E-state index contributed by atoms with van der Waals surface area (Å²) in [4.78, 5) is 24.6. The third kappa shape index (κ3) is 2.10. The fourth-order valence-electron chi connectivity index (χ4n) is 2.67. The second-order valence-corrected chi connectivity index (χ2v) is 5.69. The van der Waals surface area contributed by atoms with E-state index >= 15 is 0 Å². The lowest BCUT2D eigenvalue weighted by molar-refractivity contribution is -0.119. The highest BCUT2D eigenvalue weighted by molar-refractivity contribution is 9.10. The predicted octanol–water partition coefficient (Wildman–Crippen LogP) is 1.84. The number of carbonyl (C=O) groups is 2. The molecule has 1 fully saturated rings. The molecular formula is C13H13BrN2O3. The van der Waals surface area contributed by atoms with Crippen molar-refractivity contribution in [2.24, 2.45) is 0 Å². The first kappa shape index (κ1) is 12.5. The molecule has 0 aliphatic carbocycles. The molecule has 0 saturated carbocycles. The van der Waals surface area contributed by atoms with Crippen molar-refractivity contribution in [3.8, 4) is 0 Å². The van der Waals surface area contributed by atoms with Crippen molar-refractivity contribution in [3.05, 3.63) is 28.2 Å². The summed E-state index contributed by atoms with van der Waals surface area (Å²) in [6.07, 6.45) is 0.133. The van der Waals surface area contributed by atoms with Crippen molar-refractivity contribution in [2.45, 2.75) is 25.5 Å². The fourth-order valence-corrected chi connectivity index (χ4v) is 3.07. The topological polar surface area (TPSA) is 58.6 Å². The van der Waals surface area contributed by atoms with E-state index in [0.717, 1.165) is 22.1 Å². The number of amides is 2. The first-order valence-electron chi connectivity index (χ1n) is 6.09. The summed E-state index contributed by atoms with van der Waals surface area (Å²) in [5.41, 5.74) is 2.03. The summed E-state index contributed by atoms with van der Waals surface area (Å²) < 4.78 is 6.33. The minimum atomic E-state index is -0.332. The van der Waals surface area contributed by atoms with E-state index in [9.17, 15) is 9.59 Å². The Labute approximate surface area is 119 Å². The quantitative estimate of drug-likeness (QED) is 0.903. The van der Waals surface area contributed by atoms with Gasteiger partial charge in [0.15, 0.2) is 0 Å². The van der Waals surface area contributed by atoms with Gasteiger partial charge in [-0.1, -0.05) is 15.9 Å². The summed E-state index contributed by atoms with van der Waals surface area (Å²) in [6, 6.07) is 5.83. The van der Waals surface area contributed by atoms with E-state index in [1.165, 1.54) is 6.92 Å². The molecule has 3 rings (SSSR count). The molecule has 6 heteroatoms. The van der Waals surface area contributed by atoms with Gasteiger partial charge in [-0.15, -0.1) is 0 Å². The summed E-state index contributed by atoms with van der Waals surface area (Å²) in [5.74, 6) is -0.118. The number of nitrogens with one attached hydrogen (secondary N) is 1. The number of hydrogen-bond acceptors (Lipinski definition) is 3. The molecule has 2 aliphatic rings. The van der Waals surface area contributed by atoms with Gasteiger partial charge in [0.25, 0.3) is 0 Å². The van der Waals surface area contributed by atoms with Crippen molar-refractivity contribution in [1.29, 1.82) is 0 Å². The lowest BCUT2D eigenvalue weighted by atomic mass is 10.1. The van der Waals surface area contributed by atoms with Crippen molar-refractivity contribution < 1.29 is 14.3 Å². The summed E-state index contributed by atoms with van der Waals surface area (Å²) >= 11 is 3.43. The number of halogens is 1. The van der Waals surface area contributed by atoms with Gasteiger partial charge in [0.2, 0.25) is 5.91 Å². The Kier molecular flexibility index (Phi) is 2.97. The number of carbonyl (C=O) groups excluding carboxylic acids is 2. The maximum absolute atomic E-state index is 11.9. The highest BCUT2D eigenvalue weighted by atomic mass is 79.9. The molecular weight excluding hydrogens is 312 g/mol. The Balaban J connectivity index is 1.84. The molecule has 5 nitrogen and oxygen atoms in total. The van der Waals surface area contributed by atoms with Crippen LogP contribution in [0.5, 0.6) is 0 Å². The zero-order valence-corrected chi connectivity index (χ0v) is 11.9. The van der Waals surface area contributed by atoms with Gasteiger partial charge in [0.1, 0.15) is 6.10 Å². The predicted molar refractivity (Wildman–Crippen MR) is 73.1 cm³/mol. The smallest absolute Gasteiger partial charge is 0.415 e. The maximum Gasteiger partial charge on any atom is 0.415 e. The Morgan fingerprint density at radius 1 is 1.58 bits per heavy atom. The van der Waals surface area contributed by atoms with Crippen LogP contribution in [-0.2, 0) is 16.0 Å². The number of ether oxygens (including phenoxy) is 1. The van der Waals surface area contributed by atoms with Gasteiger partial charge in [-0.3, -0.25) is 9.69 Å². The van der Waals surface area contributed by atoms with Crippen LogP contribution in [0, 0.1) is 0 Å². The van der Waals surface area contributed by atoms with Gasteiger partial charge in [-0.05, 0) is 30.2 Å². The number of fused-ring (bicyclic) bond motifs is 3. The van der Waals surface area contributed by atoms with E-state index < -0.39 is 0 Å². The van der Waals surface area contributed by atoms with Crippen LogP contribution in [0.15, 0.2) is 22.7 Å². The number of anilines is 1. The minimum absolute atomic E-state index is 0.0244. The zero-order chi connectivity index (χ0) is 13.6.